The van der Waals surface area contributed by atoms with E-state index in [0.29, 0.717) is 28.6 Å². The number of fused-ring (bicyclic) bond motifs is 1. The van der Waals surface area contributed by atoms with Crippen LogP contribution in [0.25, 0.3) is 11.2 Å². The summed E-state index contributed by atoms with van der Waals surface area (Å²) in [6, 6.07) is 7.69. The smallest absolute Gasteiger partial charge is 0.323 e. The molecule has 39 heavy (non-hydrogen) atoms. The highest BCUT2D eigenvalue weighted by molar-refractivity contribution is 8.09. The van der Waals surface area contributed by atoms with Gasteiger partial charge < -0.3 is 28.9 Å². The molecule has 0 saturated carbocycles. The van der Waals surface area contributed by atoms with Gasteiger partial charge in [-0.05, 0) is 37.8 Å². The molecule has 1 fully saturated rings. The van der Waals surface area contributed by atoms with Crippen LogP contribution in [0.15, 0.2) is 36.7 Å². The van der Waals surface area contributed by atoms with E-state index in [-0.39, 0.29) is 5.88 Å². The number of carbonyl (C=O) groups excluding carboxylic acids is 1. The van der Waals surface area contributed by atoms with Crippen molar-refractivity contribution in [3.63, 3.8) is 0 Å². The largest absolute Gasteiger partial charge is 0.468 e. The van der Waals surface area contributed by atoms with Gasteiger partial charge in [-0.1, -0.05) is 18.2 Å². The van der Waals surface area contributed by atoms with Crippen LogP contribution in [0.1, 0.15) is 19.0 Å². The van der Waals surface area contributed by atoms with Crippen molar-refractivity contribution in [1.82, 2.24) is 24.6 Å². The number of hydrogen-bond acceptors (Lipinski definition) is 11. The van der Waals surface area contributed by atoms with E-state index in [1.807, 2.05) is 0 Å². The summed E-state index contributed by atoms with van der Waals surface area (Å²) in [7, 11) is 2.92. The van der Waals surface area contributed by atoms with Gasteiger partial charge in [0.1, 0.15) is 29.3 Å². The van der Waals surface area contributed by atoms with Crippen molar-refractivity contribution in [2.45, 2.75) is 44.0 Å². The second-order valence-electron chi connectivity index (χ2n) is 8.84. The fourth-order valence-corrected chi connectivity index (χ4v) is 6.79. The number of esters is 1. The second-order valence-corrected chi connectivity index (χ2v) is 12.2. The number of aliphatic hydroxyl groups excluding tert-OH is 1. The van der Waals surface area contributed by atoms with Gasteiger partial charge in [0, 0.05) is 7.05 Å². The molecule has 3 aromatic rings. The van der Waals surface area contributed by atoms with Crippen molar-refractivity contribution in [3.8, 4) is 5.75 Å². The van der Waals surface area contributed by atoms with Crippen LogP contribution in [0.4, 0.5) is 10.2 Å². The summed E-state index contributed by atoms with van der Waals surface area (Å²) >= 11 is 11.9. The molecule has 4 rings (SSSR count). The molecular weight excluding hydrogens is 574 g/mol. The normalized spacial score (nSPS) is 25.3. The number of ether oxygens (including phenoxy) is 2. The Bertz CT molecular complexity index is 1370. The van der Waals surface area contributed by atoms with Gasteiger partial charge in [-0.3, -0.25) is 9.36 Å². The number of benzene rings is 1. The molecule has 6 atom stereocenters. The molecule has 0 aliphatic carbocycles. The monoisotopic (exact) mass is 602 g/mol. The number of anilines is 1. The predicted molar refractivity (Wildman–Crippen MR) is 146 cm³/mol. The summed E-state index contributed by atoms with van der Waals surface area (Å²) in [6.45, 7) is -0.729. The van der Waals surface area contributed by atoms with E-state index in [9.17, 15) is 9.90 Å². The SMILES string of the molecule is CNc1nc(C)nc2c1ncn2[C@@H]1O[C@](CCl)(COP(=S)(N[C@H](C)C(=O)OC)Oc2ccccc2)[C@@H](O)[C@@H]1F. The maximum atomic E-state index is 15.6. The van der Waals surface area contributed by atoms with Gasteiger partial charge in [0.25, 0.3) is 0 Å². The highest BCUT2D eigenvalue weighted by Crippen LogP contribution is 2.49. The summed E-state index contributed by atoms with van der Waals surface area (Å²) in [5, 5.41) is 16.8. The Morgan fingerprint density at radius 1 is 1.38 bits per heavy atom. The molecule has 0 amide bonds. The van der Waals surface area contributed by atoms with Crippen molar-refractivity contribution in [2.24, 2.45) is 0 Å². The quantitative estimate of drug-likeness (QED) is 0.169. The molecule has 3 N–H and O–H groups in total. The van der Waals surface area contributed by atoms with E-state index >= 15 is 4.39 Å². The Balaban J connectivity index is 1.62. The maximum absolute atomic E-state index is 15.6. The average Bonchev–Trinajstić information content (AvgIpc) is 3.45. The van der Waals surface area contributed by atoms with E-state index in [1.54, 1.807) is 44.3 Å². The number of hydrogen-bond donors (Lipinski definition) is 3. The number of aromatic nitrogens is 4. The molecule has 1 saturated heterocycles. The number of rotatable bonds is 11. The Hall–Kier alpha value is -2.45. The summed E-state index contributed by atoms with van der Waals surface area (Å²) in [5.74, 6) is 0.323. The van der Waals surface area contributed by atoms with Crippen molar-refractivity contribution in [2.75, 3.05) is 32.0 Å². The first-order chi connectivity index (χ1) is 18.6. The molecule has 1 aromatic carbocycles. The molecule has 16 heteroatoms. The summed E-state index contributed by atoms with van der Waals surface area (Å²) in [6.07, 6.45) is -3.60. The van der Waals surface area contributed by atoms with Crippen LogP contribution in [0.5, 0.6) is 5.75 Å². The zero-order valence-corrected chi connectivity index (χ0v) is 24.0. The van der Waals surface area contributed by atoms with Crippen molar-refractivity contribution >= 4 is 53.0 Å². The molecule has 212 valence electrons. The number of halogens is 2. The maximum Gasteiger partial charge on any atom is 0.323 e. The molecule has 1 aliphatic rings. The molecule has 3 heterocycles. The number of imidazole rings is 1. The molecule has 12 nitrogen and oxygen atoms in total. The van der Waals surface area contributed by atoms with Gasteiger partial charge in [0.2, 0.25) is 0 Å². The van der Waals surface area contributed by atoms with Crippen LogP contribution in [-0.4, -0.2) is 81.2 Å². The van der Waals surface area contributed by atoms with Crippen molar-refractivity contribution in [1.29, 1.82) is 0 Å². The van der Waals surface area contributed by atoms with E-state index < -0.39 is 49.4 Å². The standard InChI is InChI=1S/C23H29ClFN6O6PS/c1-13(22(33)34-4)30-38(39,37-15-8-6-5-7-9-15)35-11-23(10-24)18(32)16(25)21(36-23)31-12-27-17-19(26-3)28-14(2)29-20(17)31/h5-9,12-13,16,18,21,32H,10-11H2,1-4H3,(H,30,39)(H,26,28,29)/t13-,16+,18+,21-,23-,38?/m1/s1. The molecular formula is C23H29ClFN6O6PS. The highest BCUT2D eigenvalue weighted by Gasteiger charge is 2.57. The van der Waals surface area contributed by atoms with Gasteiger partial charge in [-0.25, -0.2) is 24.4 Å². The second kappa shape index (κ2) is 12.0. The minimum Gasteiger partial charge on any atom is -0.468 e. The third-order valence-electron chi connectivity index (χ3n) is 6.09. The number of methoxy groups -OCH3 is 1. The van der Waals surface area contributed by atoms with Crippen LogP contribution in [0.3, 0.4) is 0 Å². The number of nitrogens with zero attached hydrogens (tertiary/aromatic N) is 4. The summed E-state index contributed by atoms with van der Waals surface area (Å²) in [4.78, 5) is 25.0. The van der Waals surface area contributed by atoms with Crippen LogP contribution >= 0.6 is 18.2 Å². The zero-order valence-electron chi connectivity index (χ0n) is 21.6. The molecule has 2 aromatic heterocycles. The Morgan fingerprint density at radius 2 is 2.10 bits per heavy atom. The molecule has 0 spiro atoms. The number of para-hydroxylation sites is 1. The Labute approximate surface area is 234 Å². The highest BCUT2D eigenvalue weighted by atomic mass is 35.5. The third kappa shape index (κ3) is 6.02. The first kappa shape index (κ1) is 29.5. The van der Waals surface area contributed by atoms with Crippen LogP contribution in [-0.2, 0) is 30.6 Å². The number of alkyl halides is 2. The molecule has 0 radical (unpaired) electrons. The van der Waals surface area contributed by atoms with E-state index in [0.717, 1.165) is 0 Å². The fraction of sp³-hybridized carbons (Fsp3) is 0.478. The minimum atomic E-state index is -3.49. The zero-order chi connectivity index (χ0) is 28.4. The number of nitrogens with one attached hydrogen (secondary N) is 2. The number of aliphatic hydroxyl groups is 1. The van der Waals surface area contributed by atoms with Crippen LogP contribution < -0.4 is 14.9 Å². The number of aryl methyl sites for hydroxylation is 1. The lowest BCUT2D eigenvalue weighted by Gasteiger charge is -2.33. The van der Waals surface area contributed by atoms with Crippen LogP contribution in [0, 0.1) is 6.92 Å². The summed E-state index contributed by atoms with van der Waals surface area (Å²) < 4.78 is 39.8. The van der Waals surface area contributed by atoms with Gasteiger partial charge in [-0.15, -0.1) is 11.6 Å². The summed E-state index contributed by atoms with van der Waals surface area (Å²) in [5.41, 5.74) is -1.01. The van der Waals surface area contributed by atoms with Gasteiger partial charge in [0.05, 0.1) is 25.9 Å². The first-order valence-electron chi connectivity index (χ1n) is 11.9. The van der Waals surface area contributed by atoms with Gasteiger partial charge in [0.15, 0.2) is 29.4 Å². The first-order valence-corrected chi connectivity index (χ1v) is 15.0. The minimum absolute atomic E-state index is 0.309. The van der Waals surface area contributed by atoms with E-state index in [4.69, 9.17) is 41.9 Å². The lowest BCUT2D eigenvalue weighted by atomic mass is 9.99. The van der Waals surface area contributed by atoms with Gasteiger partial charge in [-0.2, -0.15) is 0 Å². The predicted octanol–water partition coefficient (Wildman–Crippen LogP) is 2.85. The number of carbonyl (C=O) groups is 1. The molecule has 1 unspecified atom stereocenters. The Morgan fingerprint density at radius 3 is 2.74 bits per heavy atom. The third-order valence-corrected chi connectivity index (χ3v) is 9.03. The lowest BCUT2D eigenvalue weighted by Crippen LogP contribution is -2.48. The van der Waals surface area contributed by atoms with Crippen molar-refractivity contribution in [3.05, 3.63) is 42.5 Å². The molecule has 0 bridgehead atoms. The van der Waals surface area contributed by atoms with E-state index in [2.05, 4.69) is 25.4 Å². The van der Waals surface area contributed by atoms with Crippen molar-refractivity contribution < 1.29 is 32.8 Å². The molecule has 1 aliphatic heterocycles. The topological polar surface area (TPSA) is 142 Å². The average molecular weight is 603 g/mol. The van der Waals surface area contributed by atoms with Crippen LogP contribution in [0.2, 0.25) is 0 Å². The van der Waals surface area contributed by atoms with Gasteiger partial charge >= 0.3 is 12.6 Å². The van der Waals surface area contributed by atoms with E-state index in [1.165, 1.54) is 24.9 Å². The Kier molecular flexibility index (Phi) is 9.06. The fourth-order valence-electron chi connectivity index (χ4n) is 4.06. The lowest BCUT2D eigenvalue weighted by molar-refractivity contribution is -0.142.